The largest absolute Gasteiger partial charge is 0.492 e. The van der Waals surface area contributed by atoms with E-state index in [4.69, 9.17) is 10.5 Å². The van der Waals surface area contributed by atoms with Gasteiger partial charge in [-0.15, -0.1) is 0 Å². The summed E-state index contributed by atoms with van der Waals surface area (Å²) in [5.41, 5.74) is 10.7. The van der Waals surface area contributed by atoms with Crippen molar-refractivity contribution in [2.24, 2.45) is 0 Å². The lowest BCUT2D eigenvalue weighted by atomic mass is 10.1. The van der Waals surface area contributed by atoms with Crippen LogP contribution >= 0.6 is 0 Å². The molecule has 2 aromatic carbocycles. The van der Waals surface area contributed by atoms with Crippen LogP contribution in [0, 0.1) is 13.8 Å². The predicted molar refractivity (Wildman–Crippen MR) is 83.4 cm³/mol. The van der Waals surface area contributed by atoms with Crippen LogP contribution in [0.3, 0.4) is 0 Å². The van der Waals surface area contributed by atoms with Crippen molar-refractivity contribution >= 4 is 16.7 Å². The number of aromatic nitrogens is 3. The van der Waals surface area contributed by atoms with Crippen molar-refractivity contribution in [1.82, 2.24) is 15.0 Å². The maximum Gasteiger partial charge on any atom is 0.119 e. The molecule has 1 heterocycles. The fraction of sp³-hybridized carbons (Fsp3) is 0.250. The molecule has 0 saturated carbocycles. The summed E-state index contributed by atoms with van der Waals surface area (Å²) < 4.78 is 5.65. The van der Waals surface area contributed by atoms with E-state index in [-0.39, 0.29) is 0 Å². The predicted octanol–water partition coefficient (Wildman–Crippen LogP) is 2.71. The Labute approximate surface area is 123 Å². The Bertz CT molecular complexity index is 723. The average Bonchev–Trinajstić information content (AvgIpc) is 2.83. The second-order valence-electron chi connectivity index (χ2n) is 5.14. The van der Waals surface area contributed by atoms with E-state index in [0.717, 1.165) is 22.5 Å². The molecule has 0 amide bonds. The Kier molecular flexibility index (Phi) is 3.48. The molecule has 0 atom stereocenters. The first kappa shape index (κ1) is 13.4. The van der Waals surface area contributed by atoms with Crippen LogP contribution in [0.2, 0.25) is 0 Å². The molecule has 0 spiro atoms. The van der Waals surface area contributed by atoms with Gasteiger partial charge in [-0.25, -0.2) is 0 Å². The standard InChI is InChI=1S/C16H18N4O/c1-11-9-15-16(10-12(11)2)19-20(18-15)7-8-21-14-5-3-13(17)4-6-14/h3-6,9-10H,7-8,17H2,1-2H3. The van der Waals surface area contributed by atoms with Crippen LogP contribution in [0.1, 0.15) is 11.1 Å². The molecule has 0 aliphatic heterocycles. The summed E-state index contributed by atoms with van der Waals surface area (Å²) in [5.74, 6) is 0.799. The normalized spacial score (nSPS) is 11.0. The summed E-state index contributed by atoms with van der Waals surface area (Å²) in [6.45, 7) is 5.29. The molecule has 2 N–H and O–H groups in total. The number of nitrogens with zero attached hydrogens (tertiary/aromatic N) is 3. The van der Waals surface area contributed by atoms with Gasteiger partial charge in [0.2, 0.25) is 0 Å². The van der Waals surface area contributed by atoms with Gasteiger partial charge in [-0.2, -0.15) is 15.0 Å². The lowest BCUT2D eigenvalue weighted by Gasteiger charge is -2.05. The molecule has 0 aliphatic rings. The number of rotatable bonds is 4. The molecule has 5 heteroatoms. The second kappa shape index (κ2) is 5.44. The first-order valence-corrected chi connectivity index (χ1v) is 6.92. The number of aryl methyl sites for hydroxylation is 2. The lowest BCUT2D eigenvalue weighted by molar-refractivity contribution is 0.283. The first-order valence-electron chi connectivity index (χ1n) is 6.92. The summed E-state index contributed by atoms with van der Waals surface area (Å²) in [7, 11) is 0. The number of ether oxygens (including phenoxy) is 1. The van der Waals surface area contributed by atoms with E-state index in [1.165, 1.54) is 11.1 Å². The van der Waals surface area contributed by atoms with Gasteiger partial charge in [-0.05, 0) is 61.4 Å². The molecule has 0 radical (unpaired) electrons. The molecule has 3 aromatic rings. The number of nitrogen functional groups attached to an aromatic ring is 1. The van der Waals surface area contributed by atoms with Crippen LogP contribution in [-0.2, 0) is 6.54 Å². The Hall–Kier alpha value is -2.56. The van der Waals surface area contributed by atoms with Gasteiger partial charge in [0, 0.05) is 5.69 Å². The molecule has 3 rings (SSSR count). The van der Waals surface area contributed by atoms with Crippen molar-refractivity contribution in [3.05, 3.63) is 47.5 Å². The van der Waals surface area contributed by atoms with Crippen molar-refractivity contribution in [3.8, 4) is 5.75 Å². The highest BCUT2D eigenvalue weighted by molar-refractivity contribution is 5.75. The van der Waals surface area contributed by atoms with E-state index in [1.807, 2.05) is 24.3 Å². The van der Waals surface area contributed by atoms with Crippen molar-refractivity contribution in [2.75, 3.05) is 12.3 Å². The topological polar surface area (TPSA) is 66.0 Å². The molecular weight excluding hydrogens is 264 g/mol. The summed E-state index contributed by atoms with van der Waals surface area (Å²) >= 11 is 0. The molecule has 108 valence electrons. The highest BCUT2D eigenvalue weighted by atomic mass is 16.5. The molecule has 1 aromatic heterocycles. The monoisotopic (exact) mass is 282 g/mol. The summed E-state index contributed by atoms with van der Waals surface area (Å²) in [6, 6.07) is 11.5. The molecular formula is C16H18N4O. The zero-order chi connectivity index (χ0) is 14.8. The number of hydrogen-bond acceptors (Lipinski definition) is 4. The molecule has 21 heavy (non-hydrogen) atoms. The zero-order valence-electron chi connectivity index (χ0n) is 12.2. The minimum absolute atomic E-state index is 0.517. The van der Waals surface area contributed by atoms with Gasteiger partial charge in [0.1, 0.15) is 23.4 Å². The van der Waals surface area contributed by atoms with E-state index in [2.05, 4.69) is 36.2 Å². The van der Waals surface area contributed by atoms with Crippen molar-refractivity contribution < 1.29 is 4.74 Å². The van der Waals surface area contributed by atoms with Gasteiger partial charge in [0.15, 0.2) is 0 Å². The Morgan fingerprint density at radius 3 is 2.14 bits per heavy atom. The molecule has 5 nitrogen and oxygen atoms in total. The highest BCUT2D eigenvalue weighted by Crippen LogP contribution is 2.16. The maximum atomic E-state index is 5.65. The van der Waals surface area contributed by atoms with Gasteiger partial charge in [-0.3, -0.25) is 0 Å². The van der Waals surface area contributed by atoms with E-state index >= 15 is 0 Å². The second-order valence-corrected chi connectivity index (χ2v) is 5.14. The summed E-state index contributed by atoms with van der Waals surface area (Å²) in [5, 5.41) is 8.93. The number of benzene rings is 2. The van der Waals surface area contributed by atoms with Crippen LogP contribution in [0.4, 0.5) is 5.69 Å². The van der Waals surface area contributed by atoms with Crippen LogP contribution < -0.4 is 10.5 Å². The average molecular weight is 282 g/mol. The molecule has 0 fully saturated rings. The Morgan fingerprint density at radius 1 is 1.00 bits per heavy atom. The number of hydrogen-bond donors (Lipinski definition) is 1. The van der Waals surface area contributed by atoms with Crippen molar-refractivity contribution in [2.45, 2.75) is 20.4 Å². The molecule has 0 saturated heterocycles. The minimum Gasteiger partial charge on any atom is -0.492 e. The van der Waals surface area contributed by atoms with E-state index < -0.39 is 0 Å². The van der Waals surface area contributed by atoms with Gasteiger partial charge < -0.3 is 10.5 Å². The van der Waals surface area contributed by atoms with E-state index in [9.17, 15) is 0 Å². The number of anilines is 1. The molecule has 0 bridgehead atoms. The fourth-order valence-electron chi connectivity index (χ4n) is 2.13. The summed E-state index contributed by atoms with van der Waals surface area (Å²) in [4.78, 5) is 1.68. The summed E-state index contributed by atoms with van der Waals surface area (Å²) in [6.07, 6.45) is 0. The van der Waals surface area contributed by atoms with Gasteiger partial charge in [0.25, 0.3) is 0 Å². The van der Waals surface area contributed by atoms with Gasteiger partial charge >= 0.3 is 0 Å². The maximum absolute atomic E-state index is 5.65. The van der Waals surface area contributed by atoms with Gasteiger partial charge in [-0.1, -0.05) is 0 Å². The van der Waals surface area contributed by atoms with Crippen molar-refractivity contribution in [1.29, 1.82) is 0 Å². The van der Waals surface area contributed by atoms with Crippen molar-refractivity contribution in [3.63, 3.8) is 0 Å². The number of fused-ring (bicyclic) bond motifs is 1. The van der Waals surface area contributed by atoms with Crippen LogP contribution in [-0.4, -0.2) is 21.6 Å². The minimum atomic E-state index is 0.517. The Morgan fingerprint density at radius 2 is 1.57 bits per heavy atom. The molecule has 0 unspecified atom stereocenters. The Balaban J connectivity index is 1.66. The van der Waals surface area contributed by atoms with Crippen LogP contribution in [0.15, 0.2) is 36.4 Å². The third-order valence-corrected chi connectivity index (χ3v) is 3.48. The fourth-order valence-corrected chi connectivity index (χ4v) is 2.13. The quantitative estimate of drug-likeness (QED) is 0.747. The third-order valence-electron chi connectivity index (χ3n) is 3.48. The molecule has 0 aliphatic carbocycles. The van der Waals surface area contributed by atoms with Crippen LogP contribution in [0.25, 0.3) is 11.0 Å². The van der Waals surface area contributed by atoms with E-state index in [1.54, 1.807) is 4.80 Å². The smallest absolute Gasteiger partial charge is 0.119 e. The van der Waals surface area contributed by atoms with Gasteiger partial charge in [0.05, 0.1) is 6.54 Å². The SMILES string of the molecule is Cc1cc2nn(CCOc3ccc(N)cc3)nc2cc1C. The zero-order valence-corrected chi connectivity index (χ0v) is 12.2. The van der Waals surface area contributed by atoms with E-state index in [0.29, 0.717) is 13.2 Å². The lowest BCUT2D eigenvalue weighted by Crippen LogP contribution is -2.10. The third kappa shape index (κ3) is 2.97. The first-order chi connectivity index (χ1) is 10.1. The highest BCUT2D eigenvalue weighted by Gasteiger charge is 2.05. The number of nitrogens with two attached hydrogens (primary N) is 1. The van der Waals surface area contributed by atoms with Crippen LogP contribution in [0.5, 0.6) is 5.75 Å².